The van der Waals surface area contributed by atoms with Gasteiger partial charge < -0.3 is 36.3 Å². The minimum atomic E-state index is 0. The van der Waals surface area contributed by atoms with Crippen molar-refractivity contribution in [2.75, 3.05) is 0 Å². The Morgan fingerprint density at radius 3 is 1.31 bits per heavy atom. The molecule has 0 N–H and O–H groups in total. The predicted octanol–water partition coefficient (Wildman–Crippen LogP) is 1.34. The smallest absolute Gasteiger partial charge is 0 e. The summed E-state index contributed by atoms with van der Waals surface area (Å²) in [5.74, 6) is 5.00. The molecule has 0 radical (unpaired) electrons. The van der Waals surface area contributed by atoms with E-state index in [0.717, 1.165) is 0 Å². The molecule has 1 rings (SSSR count). The van der Waals surface area contributed by atoms with Gasteiger partial charge in [-0.1, -0.05) is 6.92 Å². The molecule has 3 nitrogen and oxygen atoms in total. The topological polar surface area (TPSA) is 59.7 Å². The molecule has 4 heteroatoms. The van der Waals surface area contributed by atoms with Gasteiger partial charge in [-0.2, -0.15) is 6.92 Å². The van der Waals surface area contributed by atoms with Crippen LogP contribution in [0.1, 0.15) is 6.92 Å². The van der Waals surface area contributed by atoms with Crippen molar-refractivity contribution in [2.45, 2.75) is 6.92 Å². The average molecular weight is 294 g/mol. The van der Waals surface area contributed by atoms with Crippen LogP contribution in [0.15, 0.2) is 6.07 Å². The molecule has 0 fully saturated rings. The van der Waals surface area contributed by atoms with Crippen molar-refractivity contribution in [1.29, 1.82) is 0 Å². The minimum Gasteiger partial charge on any atom is -0.999 e. The van der Waals surface area contributed by atoms with Gasteiger partial charge in [-0.05, 0) is 0 Å². The van der Waals surface area contributed by atoms with Crippen molar-refractivity contribution in [1.82, 2.24) is 0 Å². The summed E-state index contributed by atoms with van der Waals surface area (Å²) in [6.07, 6.45) is 0. The standard InChI is InChI=1S/C5H.C4H5.3CO.Mo/c1-2-4-5-3-1;1-3-4-2;3*1-2;/h1H;1H2,2H3;;;;/q-5;-1;;;;. The molecule has 0 aliphatic rings. The minimum absolute atomic E-state index is 0. The number of hydrogen-bond donors (Lipinski definition) is 0. The maximum absolute atomic E-state index is 7.50. The SMILES string of the molecule is [C-]#[O+].[C-]#[O+].[C-]#[O+].[CH2-]C#CC.[Mo].[c-]1[c-][c-][cH-][c-]1. The summed E-state index contributed by atoms with van der Waals surface area (Å²) in [4.78, 5) is 0. The van der Waals surface area contributed by atoms with E-state index in [0.29, 0.717) is 0 Å². The second kappa shape index (κ2) is 68.1. The first-order valence-corrected chi connectivity index (χ1v) is 3.04. The van der Waals surface area contributed by atoms with Gasteiger partial charge in [0, 0.05) is 21.1 Å². The maximum Gasteiger partial charge on any atom is 0 e. The molecular weight excluding hydrogens is 288 g/mol. The Balaban J connectivity index is -0.0000000337. The molecular formula is C12H6MoO3-6. The Bertz CT molecular complexity index is 235. The van der Waals surface area contributed by atoms with E-state index in [1.165, 1.54) is 0 Å². The fourth-order valence-electron chi connectivity index (χ4n) is 0.180. The van der Waals surface area contributed by atoms with Gasteiger partial charge in [0.05, 0.1) is 0 Å². The first-order chi connectivity index (χ1) is 7.41. The van der Waals surface area contributed by atoms with E-state index in [4.69, 9.17) is 14.0 Å². The average Bonchev–Trinajstić information content (AvgIpc) is 2.95. The quantitative estimate of drug-likeness (QED) is 0.300. The summed E-state index contributed by atoms with van der Waals surface area (Å²) in [6.45, 7) is 18.5. The third-order valence-electron chi connectivity index (χ3n) is 0.528. The largest absolute Gasteiger partial charge is 0.999 e. The van der Waals surface area contributed by atoms with Crippen LogP contribution in [-0.4, -0.2) is 0 Å². The van der Waals surface area contributed by atoms with E-state index < -0.39 is 0 Å². The molecule has 1 aromatic carbocycles. The van der Waals surface area contributed by atoms with Gasteiger partial charge in [0.2, 0.25) is 0 Å². The van der Waals surface area contributed by atoms with Crippen LogP contribution in [-0.2, 0) is 35.0 Å². The monoisotopic (exact) mass is 296 g/mol. The van der Waals surface area contributed by atoms with Crippen LogP contribution in [0, 0.1) is 63.0 Å². The Morgan fingerprint density at radius 2 is 1.25 bits per heavy atom. The summed E-state index contributed by atoms with van der Waals surface area (Å²) >= 11 is 0. The summed E-state index contributed by atoms with van der Waals surface area (Å²) in [5.41, 5.74) is 0. The van der Waals surface area contributed by atoms with Gasteiger partial charge >= 0.3 is 33.9 Å². The van der Waals surface area contributed by atoms with E-state index in [9.17, 15) is 0 Å². The van der Waals surface area contributed by atoms with Gasteiger partial charge in [-0.3, -0.25) is 5.92 Å². The summed E-state index contributed by atoms with van der Waals surface area (Å²) in [7, 11) is 0. The van der Waals surface area contributed by atoms with E-state index in [-0.39, 0.29) is 21.1 Å². The van der Waals surface area contributed by atoms with Crippen molar-refractivity contribution in [3.05, 3.63) is 57.2 Å². The van der Waals surface area contributed by atoms with E-state index in [1.54, 1.807) is 13.0 Å². The fraction of sp³-hybridized carbons (Fsp3) is 0.0833. The van der Waals surface area contributed by atoms with Crippen LogP contribution in [0.2, 0.25) is 0 Å². The zero-order valence-electron chi connectivity index (χ0n) is 8.42. The maximum atomic E-state index is 7.50. The molecule has 0 heterocycles. The van der Waals surface area contributed by atoms with Crippen LogP contribution in [0.5, 0.6) is 0 Å². The van der Waals surface area contributed by atoms with E-state index in [1.807, 2.05) is 0 Å². The molecule has 1 aromatic rings. The van der Waals surface area contributed by atoms with Gasteiger partial charge in [0.15, 0.2) is 0 Å². The summed E-state index contributed by atoms with van der Waals surface area (Å²) in [5, 5.41) is 0. The molecule has 0 aromatic heterocycles. The summed E-state index contributed by atoms with van der Waals surface area (Å²) < 4.78 is 22.5. The number of rotatable bonds is 0. The molecule has 84 valence electrons. The van der Waals surface area contributed by atoms with Crippen molar-refractivity contribution in [3.63, 3.8) is 0 Å². The molecule has 0 amide bonds. The zero-order valence-corrected chi connectivity index (χ0v) is 10.4. The van der Waals surface area contributed by atoms with Crippen LogP contribution < -0.4 is 0 Å². The first kappa shape index (κ1) is 29.3. The van der Waals surface area contributed by atoms with E-state index >= 15 is 0 Å². The molecule has 16 heavy (non-hydrogen) atoms. The molecule has 0 spiro atoms. The van der Waals surface area contributed by atoms with Gasteiger partial charge in [0.1, 0.15) is 0 Å². The normalized spacial score (nSPS) is 3.69. The van der Waals surface area contributed by atoms with E-state index in [2.05, 4.69) is 63.0 Å². The predicted molar refractivity (Wildman–Crippen MR) is 48.0 cm³/mol. The second-order valence-electron chi connectivity index (χ2n) is 1.11. The van der Waals surface area contributed by atoms with Crippen molar-refractivity contribution in [2.24, 2.45) is 0 Å². The molecule has 0 atom stereocenters. The van der Waals surface area contributed by atoms with Gasteiger partial charge in [-0.25, -0.2) is 0 Å². The Morgan fingerprint density at radius 1 is 1.00 bits per heavy atom. The molecule has 0 aliphatic heterocycles. The van der Waals surface area contributed by atoms with Crippen LogP contribution >= 0.6 is 0 Å². The third-order valence-corrected chi connectivity index (χ3v) is 0.528. The molecule has 0 aliphatic carbocycles. The molecule has 0 unspecified atom stereocenters. The van der Waals surface area contributed by atoms with Crippen LogP contribution in [0.4, 0.5) is 0 Å². The van der Waals surface area contributed by atoms with Crippen molar-refractivity contribution >= 4 is 0 Å². The Hall–Kier alpha value is -1.31. The first-order valence-electron chi connectivity index (χ1n) is 3.04. The van der Waals surface area contributed by atoms with Crippen molar-refractivity contribution < 1.29 is 35.0 Å². The Kier molecular flexibility index (Phi) is 125. The second-order valence-corrected chi connectivity index (χ2v) is 1.11. The third kappa shape index (κ3) is 78.9. The zero-order chi connectivity index (χ0) is 12.9. The molecule has 0 saturated heterocycles. The Labute approximate surface area is 111 Å². The number of hydrogen-bond acceptors (Lipinski definition) is 0. The van der Waals surface area contributed by atoms with Gasteiger partial charge in [0.25, 0.3) is 0 Å². The summed E-state index contributed by atoms with van der Waals surface area (Å²) in [6, 6.07) is 12.0. The van der Waals surface area contributed by atoms with Crippen LogP contribution in [0.3, 0.4) is 0 Å². The molecule has 0 saturated carbocycles. The van der Waals surface area contributed by atoms with Crippen LogP contribution in [0.25, 0.3) is 0 Å². The van der Waals surface area contributed by atoms with Gasteiger partial charge in [-0.15, -0.1) is 0 Å². The molecule has 0 bridgehead atoms. The van der Waals surface area contributed by atoms with Crippen molar-refractivity contribution in [3.8, 4) is 11.8 Å². The fourth-order valence-corrected chi connectivity index (χ4v) is 0.180.